The minimum Gasteiger partial charge on any atom is -0.372 e. The molecule has 0 aliphatic carbocycles. The van der Waals surface area contributed by atoms with E-state index in [2.05, 4.69) is 39.5 Å². The highest BCUT2D eigenvalue weighted by Gasteiger charge is 2.46. The molecule has 1 N–H and O–H groups in total. The number of ether oxygens (including phenoxy) is 1. The number of halogens is 1. The Morgan fingerprint density at radius 1 is 1.35 bits per heavy atom. The first-order valence-electron chi connectivity index (χ1n) is 7.84. The van der Waals surface area contributed by atoms with Crippen molar-refractivity contribution < 1.29 is 4.74 Å². The van der Waals surface area contributed by atoms with Crippen LogP contribution in [0.1, 0.15) is 18.9 Å². The van der Waals surface area contributed by atoms with Crippen LogP contribution < -0.4 is 10.2 Å². The molecule has 0 saturated carbocycles. The zero-order valence-electron chi connectivity index (χ0n) is 13.0. The molecule has 23 heavy (non-hydrogen) atoms. The molecule has 0 spiro atoms. The lowest BCUT2D eigenvalue weighted by Crippen LogP contribution is -2.50. The topological polar surface area (TPSA) is 50.3 Å². The van der Waals surface area contributed by atoms with Gasteiger partial charge < -0.3 is 15.0 Å². The highest BCUT2D eigenvalue weighted by molar-refractivity contribution is 6.29. The average molecular weight is 331 g/mol. The molecule has 120 valence electrons. The van der Waals surface area contributed by atoms with E-state index in [-0.39, 0.29) is 11.6 Å². The second kappa shape index (κ2) is 5.65. The Morgan fingerprint density at radius 3 is 3.00 bits per heavy atom. The van der Waals surface area contributed by atoms with Crippen LogP contribution in [0.3, 0.4) is 0 Å². The standard InChI is InChI=1S/C17H19ClN4O/c1-17-8-13(23-10-12-5-3-2-4-6-12)9-22(17)14-7-15(18)20-21-16(14)19-11-17/h2-7,13H,8-11H2,1H3,(H,19,21)/t13-,17+/m0/s1. The fourth-order valence-electron chi connectivity index (χ4n) is 3.51. The molecule has 1 saturated heterocycles. The number of nitrogens with zero attached hydrogens (tertiary/aromatic N) is 3. The van der Waals surface area contributed by atoms with Gasteiger partial charge in [0.15, 0.2) is 11.0 Å². The van der Waals surface area contributed by atoms with Gasteiger partial charge in [-0.25, -0.2) is 0 Å². The zero-order valence-corrected chi connectivity index (χ0v) is 13.8. The van der Waals surface area contributed by atoms with Gasteiger partial charge in [0.25, 0.3) is 0 Å². The quantitative estimate of drug-likeness (QED) is 0.937. The van der Waals surface area contributed by atoms with Crippen molar-refractivity contribution in [2.75, 3.05) is 23.3 Å². The summed E-state index contributed by atoms with van der Waals surface area (Å²) in [5.74, 6) is 0.801. The highest BCUT2D eigenvalue weighted by Crippen LogP contribution is 2.42. The predicted octanol–water partition coefficient (Wildman–Crippen LogP) is 3.11. The number of rotatable bonds is 3. The van der Waals surface area contributed by atoms with Crippen molar-refractivity contribution in [3.8, 4) is 0 Å². The van der Waals surface area contributed by atoms with Crippen LogP contribution in [-0.2, 0) is 11.3 Å². The number of aromatic nitrogens is 2. The van der Waals surface area contributed by atoms with Crippen LogP contribution in [0.2, 0.25) is 5.15 Å². The molecule has 2 atom stereocenters. The zero-order chi connectivity index (χ0) is 15.9. The average Bonchev–Trinajstić information content (AvgIpc) is 2.91. The summed E-state index contributed by atoms with van der Waals surface area (Å²) in [4.78, 5) is 2.36. The number of anilines is 2. The van der Waals surface area contributed by atoms with Crippen molar-refractivity contribution >= 4 is 23.1 Å². The van der Waals surface area contributed by atoms with Gasteiger partial charge >= 0.3 is 0 Å². The molecule has 0 radical (unpaired) electrons. The molecule has 5 nitrogen and oxygen atoms in total. The smallest absolute Gasteiger partial charge is 0.172 e. The summed E-state index contributed by atoms with van der Waals surface area (Å²) in [6, 6.07) is 12.2. The minimum absolute atomic E-state index is 0.0146. The minimum atomic E-state index is 0.0146. The van der Waals surface area contributed by atoms with Crippen molar-refractivity contribution in [2.45, 2.75) is 31.6 Å². The van der Waals surface area contributed by atoms with Crippen molar-refractivity contribution in [3.63, 3.8) is 0 Å². The van der Waals surface area contributed by atoms with Crippen LogP contribution in [0.5, 0.6) is 0 Å². The summed E-state index contributed by atoms with van der Waals surface area (Å²) >= 11 is 6.03. The van der Waals surface area contributed by atoms with Crippen molar-refractivity contribution in [2.24, 2.45) is 0 Å². The molecule has 0 bridgehead atoms. The molecule has 4 rings (SSSR count). The predicted molar refractivity (Wildman–Crippen MR) is 90.9 cm³/mol. The SMILES string of the molecule is C[C@@]12CNc3nnc(Cl)cc3N1C[C@@H](OCc1ccccc1)C2. The van der Waals surface area contributed by atoms with Gasteiger partial charge in [0.2, 0.25) is 0 Å². The van der Waals surface area contributed by atoms with Crippen LogP contribution in [-0.4, -0.2) is 34.9 Å². The van der Waals surface area contributed by atoms with E-state index in [0.29, 0.717) is 11.8 Å². The van der Waals surface area contributed by atoms with Crippen LogP contribution in [0.15, 0.2) is 36.4 Å². The first kappa shape index (κ1) is 14.7. The second-order valence-electron chi connectivity index (χ2n) is 6.48. The van der Waals surface area contributed by atoms with E-state index in [0.717, 1.165) is 31.0 Å². The Labute approximate surface area is 140 Å². The summed E-state index contributed by atoms with van der Waals surface area (Å²) < 4.78 is 6.15. The number of hydrogen-bond acceptors (Lipinski definition) is 5. The normalized spacial score (nSPS) is 25.7. The van der Waals surface area contributed by atoms with Gasteiger partial charge in [0.05, 0.1) is 23.9 Å². The number of benzene rings is 1. The second-order valence-corrected chi connectivity index (χ2v) is 6.87. The molecule has 2 aliphatic rings. The van der Waals surface area contributed by atoms with Crippen molar-refractivity contribution in [1.82, 2.24) is 10.2 Å². The molecular formula is C17H19ClN4O. The summed E-state index contributed by atoms with van der Waals surface area (Å²) in [5, 5.41) is 11.9. The van der Waals surface area contributed by atoms with E-state index >= 15 is 0 Å². The van der Waals surface area contributed by atoms with Crippen molar-refractivity contribution in [1.29, 1.82) is 0 Å². The van der Waals surface area contributed by atoms with Crippen LogP contribution in [0.25, 0.3) is 0 Å². The van der Waals surface area contributed by atoms with Gasteiger partial charge in [-0.1, -0.05) is 41.9 Å². The maximum absolute atomic E-state index is 6.15. The first-order valence-corrected chi connectivity index (χ1v) is 8.22. The van der Waals surface area contributed by atoms with E-state index in [1.807, 2.05) is 24.3 Å². The summed E-state index contributed by atoms with van der Waals surface area (Å²) in [6.07, 6.45) is 1.17. The van der Waals surface area contributed by atoms with Gasteiger partial charge in [-0.15, -0.1) is 10.2 Å². The Bertz CT molecular complexity index is 711. The lowest BCUT2D eigenvalue weighted by Gasteiger charge is -2.41. The van der Waals surface area contributed by atoms with E-state index in [1.165, 1.54) is 5.56 Å². The largest absolute Gasteiger partial charge is 0.372 e. The molecular weight excluding hydrogens is 312 g/mol. The first-order chi connectivity index (χ1) is 11.1. The monoisotopic (exact) mass is 330 g/mol. The van der Waals surface area contributed by atoms with Crippen molar-refractivity contribution in [3.05, 3.63) is 47.1 Å². The molecule has 2 aromatic rings. The molecule has 6 heteroatoms. The molecule has 0 unspecified atom stereocenters. The van der Waals surface area contributed by atoms with Gasteiger partial charge in [0.1, 0.15) is 0 Å². The third-order valence-electron chi connectivity index (χ3n) is 4.71. The Kier molecular flexibility index (Phi) is 3.62. The molecule has 3 heterocycles. The Balaban J connectivity index is 1.51. The Hall–Kier alpha value is -1.85. The summed E-state index contributed by atoms with van der Waals surface area (Å²) in [5.41, 5.74) is 2.24. The lowest BCUT2D eigenvalue weighted by atomic mass is 9.96. The Morgan fingerprint density at radius 2 is 2.17 bits per heavy atom. The van der Waals surface area contributed by atoms with Gasteiger partial charge in [0, 0.05) is 19.2 Å². The number of hydrogen-bond donors (Lipinski definition) is 1. The highest BCUT2D eigenvalue weighted by atomic mass is 35.5. The molecule has 1 aromatic heterocycles. The van der Waals surface area contributed by atoms with Crippen LogP contribution in [0, 0.1) is 0 Å². The fourth-order valence-corrected chi connectivity index (χ4v) is 3.65. The fraction of sp³-hybridized carbons (Fsp3) is 0.412. The van der Waals surface area contributed by atoms with E-state index in [4.69, 9.17) is 16.3 Å². The lowest BCUT2D eigenvalue weighted by molar-refractivity contribution is 0.0506. The summed E-state index contributed by atoms with van der Waals surface area (Å²) in [6.45, 7) is 4.58. The number of nitrogens with one attached hydrogen (secondary N) is 1. The van der Waals surface area contributed by atoms with Gasteiger partial charge in [-0.05, 0) is 18.9 Å². The molecule has 2 aliphatic heterocycles. The molecule has 0 amide bonds. The molecule has 1 aromatic carbocycles. The van der Waals surface area contributed by atoms with Gasteiger partial charge in [-0.3, -0.25) is 0 Å². The van der Waals surface area contributed by atoms with Crippen LogP contribution in [0.4, 0.5) is 11.5 Å². The molecule has 1 fully saturated rings. The maximum Gasteiger partial charge on any atom is 0.172 e. The third-order valence-corrected chi connectivity index (χ3v) is 4.89. The third kappa shape index (κ3) is 2.75. The summed E-state index contributed by atoms with van der Waals surface area (Å²) in [7, 11) is 0. The maximum atomic E-state index is 6.15. The number of fused-ring (bicyclic) bond motifs is 3. The van der Waals surface area contributed by atoms with E-state index in [9.17, 15) is 0 Å². The van der Waals surface area contributed by atoms with E-state index < -0.39 is 0 Å². The van der Waals surface area contributed by atoms with E-state index in [1.54, 1.807) is 0 Å². The van der Waals surface area contributed by atoms with Crippen LogP contribution >= 0.6 is 11.6 Å². The van der Waals surface area contributed by atoms with Gasteiger partial charge in [-0.2, -0.15) is 0 Å².